The highest BCUT2D eigenvalue weighted by atomic mass is 16.6. The van der Waals surface area contributed by atoms with Crippen LogP contribution < -0.4 is 11.1 Å². The second-order valence-electron chi connectivity index (χ2n) is 8.66. The number of esters is 1. The molecule has 2 atom stereocenters. The summed E-state index contributed by atoms with van der Waals surface area (Å²) in [4.78, 5) is 34.7. The summed E-state index contributed by atoms with van der Waals surface area (Å²) < 4.78 is 16.0. The van der Waals surface area contributed by atoms with Crippen LogP contribution in [0.5, 0.6) is 0 Å². The van der Waals surface area contributed by atoms with Gasteiger partial charge in [-0.25, -0.2) is 4.79 Å². The Bertz CT molecular complexity index is 850. The minimum Gasteiger partial charge on any atom is -0.469 e. The number of primary amides is 1. The molecule has 8 nitrogen and oxygen atoms in total. The molecule has 3 N–H and O–H groups in total. The van der Waals surface area contributed by atoms with Crippen LogP contribution in [-0.2, 0) is 30.4 Å². The van der Waals surface area contributed by atoms with Crippen molar-refractivity contribution in [2.24, 2.45) is 5.73 Å². The average molecular weight is 461 g/mol. The maximum Gasteiger partial charge on any atom is 0.407 e. The topological polar surface area (TPSA) is 117 Å². The first-order valence-corrected chi connectivity index (χ1v) is 11.0. The van der Waals surface area contributed by atoms with Crippen LogP contribution in [0.25, 0.3) is 0 Å². The second kappa shape index (κ2) is 14.2. The fraction of sp³-hybridized carbons (Fsp3) is 0.560. The highest BCUT2D eigenvalue weighted by Crippen LogP contribution is 2.15. The summed E-state index contributed by atoms with van der Waals surface area (Å²) >= 11 is 0. The first kappa shape index (κ1) is 28.0. The normalized spacial score (nSPS) is 12.6. The van der Waals surface area contributed by atoms with Crippen LogP contribution in [0, 0.1) is 11.8 Å². The van der Waals surface area contributed by atoms with E-state index in [1.54, 1.807) is 20.8 Å². The highest BCUT2D eigenvalue weighted by Gasteiger charge is 2.24. The minimum absolute atomic E-state index is 0.113. The van der Waals surface area contributed by atoms with Crippen LogP contribution in [-0.4, -0.2) is 42.8 Å². The molecular formula is C25H36N2O6. The maximum atomic E-state index is 12.2. The Labute approximate surface area is 196 Å². The molecule has 0 unspecified atom stereocenters. The van der Waals surface area contributed by atoms with E-state index in [1.807, 2.05) is 31.2 Å². The first-order valence-electron chi connectivity index (χ1n) is 11.0. The van der Waals surface area contributed by atoms with E-state index < -0.39 is 29.7 Å². The third-order valence-corrected chi connectivity index (χ3v) is 4.62. The van der Waals surface area contributed by atoms with Gasteiger partial charge in [0.1, 0.15) is 5.60 Å². The van der Waals surface area contributed by atoms with Crippen molar-refractivity contribution in [3.63, 3.8) is 0 Å². The number of ether oxygens (including phenoxy) is 3. The van der Waals surface area contributed by atoms with E-state index in [1.165, 1.54) is 7.11 Å². The van der Waals surface area contributed by atoms with Gasteiger partial charge in [-0.3, -0.25) is 9.59 Å². The predicted octanol–water partition coefficient (Wildman–Crippen LogP) is 3.45. The SMILES string of the molecule is COC(=O)CCCC#Cc1ccccc1CO[C@H](C)[C@H](CCC(N)=O)NC(=O)OC(C)(C)C. The van der Waals surface area contributed by atoms with E-state index in [0.29, 0.717) is 25.7 Å². The maximum absolute atomic E-state index is 12.2. The van der Waals surface area contributed by atoms with E-state index in [-0.39, 0.29) is 19.0 Å². The standard InChI is InChI=1S/C25H36N2O6/c1-18(21(15-16-22(26)28)27-24(30)33-25(2,3)4)32-17-20-13-10-9-12-19(20)11-7-6-8-14-23(29)31-5/h9-10,12-13,18,21H,6,8,14-17H2,1-5H3,(H2,26,28)(H,27,30)/t18-,21+/m1/s1. The van der Waals surface area contributed by atoms with Gasteiger partial charge in [0.2, 0.25) is 5.91 Å². The number of carbonyl (C=O) groups excluding carboxylic acids is 3. The van der Waals surface area contributed by atoms with E-state index in [4.69, 9.17) is 15.2 Å². The van der Waals surface area contributed by atoms with Crippen molar-refractivity contribution in [2.45, 2.75) is 84.2 Å². The lowest BCUT2D eigenvalue weighted by molar-refractivity contribution is -0.140. The Kier molecular flexibility index (Phi) is 12.0. The zero-order valence-corrected chi connectivity index (χ0v) is 20.2. The molecule has 0 spiro atoms. The zero-order valence-electron chi connectivity index (χ0n) is 20.2. The number of rotatable bonds is 11. The number of hydrogen-bond donors (Lipinski definition) is 2. The molecule has 0 bridgehead atoms. The second-order valence-corrected chi connectivity index (χ2v) is 8.66. The van der Waals surface area contributed by atoms with Crippen molar-refractivity contribution in [3.05, 3.63) is 35.4 Å². The Morgan fingerprint density at radius 2 is 1.85 bits per heavy atom. The third-order valence-electron chi connectivity index (χ3n) is 4.62. The van der Waals surface area contributed by atoms with Gasteiger partial charge >= 0.3 is 12.1 Å². The van der Waals surface area contributed by atoms with E-state index in [9.17, 15) is 14.4 Å². The number of benzene rings is 1. The van der Waals surface area contributed by atoms with E-state index >= 15 is 0 Å². The average Bonchev–Trinajstić information content (AvgIpc) is 2.73. The number of unbranched alkanes of at least 4 members (excludes halogenated alkanes) is 1. The first-order chi connectivity index (χ1) is 15.5. The Morgan fingerprint density at radius 3 is 2.48 bits per heavy atom. The Balaban J connectivity index is 2.75. The van der Waals surface area contributed by atoms with Crippen LogP contribution in [0.1, 0.15) is 70.9 Å². The molecule has 8 heteroatoms. The van der Waals surface area contributed by atoms with Gasteiger partial charge in [-0.15, -0.1) is 0 Å². The molecule has 0 saturated carbocycles. The molecule has 0 aliphatic rings. The summed E-state index contributed by atoms with van der Waals surface area (Å²) in [6.07, 6.45) is 1.01. The fourth-order valence-electron chi connectivity index (χ4n) is 2.87. The molecule has 0 aliphatic heterocycles. The molecule has 2 amide bonds. The van der Waals surface area contributed by atoms with Crippen LogP contribution in [0.3, 0.4) is 0 Å². The highest BCUT2D eigenvalue weighted by molar-refractivity contribution is 5.74. The zero-order chi connectivity index (χ0) is 24.9. The van der Waals surface area contributed by atoms with E-state index in [0.717, 1.165) is 11.1 Å². The van der Waals surface area contributed by atoms with Gasteiger partial charge in [0.05, 0.1) is 25.9 Å². The summed E-state index contributed by atoms with van der Waals surface area (Å²) in [7, 11) is 1.37. The van der Waals surface area contributed by atoms with Crippen molar-refractivity contribution in [2.75, 3.05) is 7.11 Å². The quantitative estimate of drug-likeness (QED) is 0.297. The molecule has 1 aromatic rings. The molecule has 0 aliphatic carbocycles. The van der Waals surface area contributed by atoms with Gasteiger partial charge < -0.3 is 25.3 Å². The van der Waals surface area contributed by atoms with Crippen molar-refractivity contribution in [1.82, 2.24) is 5.32 Å². The molecule has 0 saturated heterocycles. The summed E-state index contributed by atoms with van der Waals surface area (Å²) in [6, 6.07) is 7.16. The number of nitrogens with two attached hydrogens (primary N) is 1. The number of alkyl carbamates (subject to hydrolysis) is 1. The molecule has 0 heterocycles. The molecule has 0 radical (unpaired) electrons. The molecule has 0 aromatic heterocycles. The van der Waals surface area contributed by atoms with Gasteiger partial charge in [-0.05, 0) is 52.2 Å². The summed E-state index contributed by atoms with van der Waals surface area (Å²) in [6.45, 7) is 7.43. The lowest BCUT2D eigenvalue weighted by atomic mass is 10.1. The molecule has 0 fully saturated rings. The molecule has 182 valence electrons. The molecular weight excluding hydrogens is 424 g/mol. The van der Waals surface area contributed by atoms with Gasteiger partial charge in [-0.1, -0.05) is 30.0 Å². The largest absolute Gasteiger partial charge is 0.469 e. The van der Waals surface area contributed by atoms with Gasteiger partial charge in [0.25, 0.3) is 0 Å². The van der Waals surface area contributed by atoms with Gasteiger partial charge in [0.15, 0.2) is 0 Å². The van der Waals surface area contributed by atoms with Crippen LogP contribution in [0.15, 0.2) is 24.3 Å². The number of amides is 2. The molecule has 33 heavy (non-hydrogen) atoms. The number of carbonyl (C=O) groups is 3. The van der Waals surface area contributed by atoms with Crippen molar-refractivity contribution >= 4 is 18.0 Å². The van der Waals surface area contributed by atoms with Crippen molar-refractivity contribution < 1.29 is 28.6 Å². The molecule has 1 rings (SSSR count). The number of hydrogen-bond acceptors (Lipinski definition) is 6. The van der Waals surface area contributed by atoms with Crippen molar-refractivity contribution in [1.29, 1.82) is 0 Å². The van der Waals surface area contributed by atoms with E-state index in [2.05, 4.69) is 21.9 Å². The summed E-state index contributed by atoms with van der Waals surface area (Å²) in [5.41, 5.74) is 6.37. The predicted molar refractivity (Wildman–Crippen MR) is 125 cm³/mol. The van der Waals surface area contributed by atoms with Crippen LogP contribution >= 0.6 is 0 Å². The minimum atomic E-state index is -0.642. The summed E-state index contributed by atoms with van der Waals surface area (Å²) in [5.74, 6) is 5.50. The Hall–Kier alpha value is -3.05. The lowest BCUT2D eigenvalue weighted by Gasteiger charge is -2.27. The van der Waals surface area contributed by atoms with Gasteiger partial charge in [0, 0.05) is 24.8 Å². The monoisotopic (exact) mass is 460 g/mol. The lowest BCUT2D eigenvalue weighted by Crippen LogP contribution is -2.45. The molecule has 1 aromatic carbocycles. The van der Waals surface area contributed by atoms with Crippen LogP contribution in [0.4, 0.5) is 4.79 Å². The smallest absolute Gasteiger partial charge is 0.407 e. The van der Waals surface area contributed by atoms with Crippen LogP contribution in [0.2, 0.25) is 0 Å². The Morgan fingerprint density at radius 1 is 1.15 bits per heavy atom. The number of methoxy groups -OCH3 is 1. The summed E-state index contributed by atoms with van der Waals surface area (Å²) in [5, 5.41) is 2.78. The van der Waals surface area contributed by atoms with Crippen molar-refractivity contribution in [3.8, 4) is 11.8 Å². The number of nitrogens with one attached hydrogen (secondary N) is 1. The third kappa shape index (κ3) is 12.5. The fourth-order valence-corrected chi connectivity index (χ4v) is 2.87. The van der Waals surface area contributed by atoms with Gasteiger partial charge in [-0.2, -0.15) is 0 Å².